The SMILES string of the molecule is Cc1ccc(Cn2c(=O)c3ccc(C(=O)NC(C)C)cc3n3c(SCC(=O)NC(C)C)nnc23)cc1. The molecule has 0 spiro atoms. The lowest BCUT2D eigenvalue weighted by Crippen LogP contribution is -2.31. The minimum absolute atomic E-state index is 0.0239. The molecular weight excluding hydrogens is 476 g/mol. The van der Waals surface area contributed by atoms with Gasteiger partial charge in [-0.25, -0.2) is 0 Å². The van der Waals surface area contributed by atoms with Crippen LogP contribution in [0.15, 0.2) is 52.4 Å². The molecule has 4 rings (SSSR count). The van der Waals surface area contributed by atoms with Crippen molar-refractivity contribution in [1.82, 2.24) is 29.8 Å². The van der Waals surface area contributed by atoms with Crippen LogP contribution in [0, 0.1) is 6.92 Å². The highest BCUT2D eigenvalue weighted by Gasteiger charge is 2.20. The molecule has 0 saturated heterocycles. The van der Waals surface area contributed by atoms with Crippen molar-refractivity contribution in [2.24, 2.45) is 0 Å². The van der Waals surface area contributed by atoms with Crippen LogP contribution in [0.4, 0.5) is 0 Å². The summed E-state index contributed by atoms with van der Waals surface area (Å²) < 4.78 is 3.33. The highest BCUT2D eigenvalue weighted by molar-refractivity contribution is 7.99. The van der Waals surface area contributed by atoms with Gasteiger partial charge in [0.15, 0.2) is 5.16 Å². The maximum absolute atomic E-state index is 13.6. The first kappa shape index (κ1) is 25.4. The van der Waals surface area contributed by atoms with Crippen molar-refractivity contribution >= 4 is 40.3 Å². The number of amides is 2. The number of nitrogens with one attached hydrogen (secondary N) is 2. The third-order valence-corrected chi connectivity index (χ3v) is 6.43. The lowest BCUT2D eigenvalue weighted by Gasteiger charge is -2.13. The van der Waals surface area contributed by atoms with Crippen LogP contribution in [0.1, 0.15) is 49.2 Å². The van der Waals surface area contributed by atoms with E-state index in [0.29, 0.717) is 33.9 Å². The molecule has 2 heterocycles. The molecule has 0 saturated carbocycles. The molecule has 0 aliphatic carbocycles. The van der Waals surface area contributed by atoms with E-state index in [4.69, 9.17) is 0 Å². The quantitative estimate of drug-likeness (QED) is 0.355. The molecule has 2 aromatic carbocycles. The molecule has 4 aromatic rings. The lowest BCUT2D eigenvalue weighted by molar-refractivity contribution is -0.119. The normalized spacial score (nSPS) is 11.5. The first-order chi connectivity index (χ1) is 17.1. The second-order valence-electron chi connectivity index (χ2n) is 9.37. The van der Waals surface area contributed by atoms with E-state index in [0.717, 1.165) is 11.1 Å². The molecular formula is C26H30N6O3S. The number of carbonyl (C=O) groups is 2. The van der Waals surface area contributed by atoms with Crippen LogP contribution >= 0.6 is 11.8 Å². The van der Waals surface area contributed by atoms with Gasteiger partial charge in [-0.2, -0.15) is 0 Å². The van der Waals surface area contributed by atoms with Crippen LogP contribution in [0.3, 0.4) is 0 Å². The van der Waals surface area contributed by atoms with Crippen LogP contribution in [-0.4, -0.2) is 48.8 Å². The number of benzene rings is 2. The highest BCUT2D eigenvalue weighted by Crippen LogP contribution is 2.23. The van der Waals surface area contributed by atoms with Gasteiger partial charge >= 0.3 is 0 Å². The monoisotopic (exact) mass is 506 g/mol. The number of hydrogen-bond acceptors (Lipinski definition) is 6. The van der Waals surface area contributed by atoms with E-state index in [2.05, 4.69) is 20.8 Å². The molecule has 188 valence electrons. The summed E-state index contributed by atoms with van der Waals surface area (Å²) in [6, 6.07) is 12.9. The van der Waals surface area contributed by atoms with Crippen molar-refractivity contribution in [2.75, 3.05) is 5.75 Å². The van der Waals surface area contributed by atoms with Gasteiger partial charge in [0.2, 0.25) is 11.7 Å². The minimum atomic E-state index is -0.234. The maximum Gasteiger partial charge on any atom is 0.263 e. The number of hydrogen-bond donors (Lipinski definition) is 2. The molecule has 0 aliphatic heterocycles. The molecule has 10 heteroatoms. The fraction of sp³-hybridized carbons (Fsp3) is 0.346. The van der Waals surface area contributed by atoms with E-state index < -0.39 is 0 Å². The molecule has 0 aliphatic rings. The zero-order valence-corrected chi connectivity index (χ0v) is 21.8. The first-order valence-corrected chi connectivity index (χ1v) is 12.8. The average Bonchev–Trinajstić information content (AvgIpc) is 3.24. The van der Waals surface area contributed by atoms with Gasteiger partial charge in [-0.3, -0.25) is 23.4 Å². The Hall–Kier alpha value is -3.66. The number of nitrogens with zero attached hydrogens (tertiary/aromatic N) is 4. The number of rotatable bonds is 8. The van der Waals surface area contributed by atoms with E-state index >= 15 is 0 Å². The summed E-state index contributed by atoms with van der Waals surface area (Å²) in [6.45, 7) is 9.89. The summed E-state index contributed by atoms with van der Waals surface area (Å²) in [6.07, 6.45) is 0. The number of aromatic nitrogens is 4. The zero-order valence-electron chi connectivity index (χ0n) is 21.0. The molecule has 0 radical (unpaired) electrons. The molecule has 36 heavy (non-hydrogen) atoms. The first-order valence-electron chi connectivity index (χ1n) is 11.8. The molecule has 2 aromatic heterocycles. The Labute approximate surface area is 213 Å². The number of carbonyl (C=O) groups excluding carboxylic acids is 2. The summed E-state index contributed by atoms with van der Waals surface area (Å²) in [5, 5.41) is 15.3. The summed E-state index contributed by atoms with van der Waals surface area (Å²) in [7, 11) is 0. The van der Waals surface area contributed by atoms with Crippen molar-refractivity contribution in [3.8, 4) is 0 Å². The Morgan fingerprint density at radius 2 is 1.67 bits per heavy atom. The van der Waals surface area contributed by atoms with Crippen molar-refractivity contribution in [3.63, 3.8) is 0 Å². The Morgan fingerprint density at radius 3 is 2.33 bits per heavy atom. The number of aryl methyl sites for hydroxylation is 1. The maximum atomic E-state index is 13.6. The zero-order chi connectivity index (χ0) is 26.0. The van der Waals surface area contributed by atoms with E-state index in [-0.39, 0.29) is 35.2 Å². The largest absolute Gasteiger partial charge is 0.353 e. The Kier molecular flexibility index (Phi) is 7.44. The van der Waals surface area contributed by atoms with Gasteiger partial charge in [0.1, 0.15) is 0 Å². The van der Waals surface area contributed by atoms with Crippen LogP contribution in [0.2, 0.25) is 0 Å². The van der Waals surface area contributed by atoms with Crippen molar-refractivity contribution in [2.45, 2.75) is 58.4 Å². The average molecular weight is 507 g/mol. The van der Waals surface area contributed by atoms with Gasteiger partial charge in [-0.05, 0) is 58.4 Å². The predicted molar refractivity (Wildman–Crippen MR) is 142 cm³/mol. The van der Waals surface area contributed by atoms with Gasteiger partial charge < -0.3 is 10.6 Å². The van der Waals surface area contributed by atoms with Crippen LogP contribution < -0.4 is 16.2 Å². The van der Waals surface area contributed by atoms with Gasteiger partial charge in [-0.1, -0.05) is 41.6 Å². The van der Waals surface area contributed by atoms with Gasteiger partial charge in [0, 0.05) is 17.6 Å². The third-order valence-electron chi connectivity index (χ3n) is 5.50. The molecule has 0 fully saturated rings. The van der Waals surface area contributed by atoms with Crippen molar-refractivity contribution in [1.29, 1.82) is 0 Å². The van der Waals surface area contributed by atoms with E-state index in [9.17, 15) is 14.4 Å². The molecule has 2 amide bonds. The molecule has 2 N–H and O–H groups in total. The Bertz CT molecular complexity index is 1490. The molecule has 0 atom stereocenters. The molecule has 0 unspecified atom stereocenters. The van der Waals surface area contributed by atoms with Gasteiger partial charge in [0.05, 0.1) is 23.2 Å². The standard InChI is InChI=1S/C26H30N6O3S/c1-15(2)27-22(33)14-36-26-30-29-25-31(13-18-8-6-17(5)7-9-18)24(35)20-11-10-19(12-21(20)32(25)26)23(34)28-16(3)4/h6-12,15-16H,13-14H2,1-5H3,(H,27,33)(H,28,34). The summed E-state index contributed by atoms with van der Waals surface area (Å²) in [4.78, 5) is 38.6. The van der Waals surface area contributed by atoms with Crippen LogP contribution in [0.5, 0.6) is 0 Å². The Morgan fingerprint density at radius 1 is 0.972 bits per heavy atom. The second kappa shape index (κ2) is 10.5. The summed E-state index contributed by atoms with van der Waals surface area (Å²) in [5.41, 5.74) is 2.79. The smallest absolute Gasteiger partial charge is 0.263 e. The van der Waals surface area contributed by atoms with E-state index in [1.165, 1.54) is 11.8 Å². The number of thioether (sulfide) groups is 1. The van der Waals surface area contributed by atoms with Gasteiger partial charge in [-0.15, -0.1) is 10.2 Å². The summed E-state index contributed by atoms with van der Waals surface area (Å²) >= 11 is 1.23. The predicted octanol–water partition coefficient (Wildman–Crippen LogP) is 3.16. The number of fused-ring (bicyclic) bond motifs is 3. The van der Waals surface area contributed by atoms with Crippen molar-refractivity contribution < 1.29 is 9.59 Å². The van der Waals surface area contributed by atoms with E-state index in [1.54, 1.807) is 27.2 Å². The summed E-state index contributed by atoms with van der Waals surface area (Å²) in [5.74, 6) is 0.134. The lowest BCUT2D eigenvalue weighted by atomic mass is 10.1. The van der Waals surface area contributed by atoms with E-state index in [1.807, 2.05) is 58.9 Å². The molecule has 0 bridgehead atoms. The van der Waals surface area contributed by atoms with Gasteiger partial charge in [0.25, 0.3) is 11.5 Å². The Balaban J connectivity index is 1.87. The fourth-order valence-electron chi connectivity index (χ4n) is 3.87. The van der Waals surface area contributed by atoms with Crippen LogP contribution in [-0.2, 0) is 11.3 Å². The fourth-order valence-corrected chi connectivity index (χ4v) is 4.63. The highest BCUT2D eigenvalue weighted by atomic mass is 32.2. The van der Waals surface area contributed by atoms with Crippen LogP contribution in [0.25, 0.3) is 16.7 Å². The second-order valence-corrected chi connectivity index (χ2v) is 10.3. The third kappa shape index (κ3) is 5.43. The topological polar surface area (TPSA) is 110 Å². The molecule has 9 nitrogen and oxygen atoms in total. The van der Waals surface area contributed by atoms with Crippen molar-refractivity contribution in [3.05, 3.63) is 69.5 Å². The minimum Gasteiger partial charge on any atom is -0.353 e.